The van der Waals surface area contributed by atoms with E-state index < -0.39 is 0 Å². The van der Waals surface area contributed by atoms with E-state index in [1.807, 2.05) is 12.3 Å². The Labute approximate surface area is 89.7 Å². The van der Waals surface area contributed by atoms with Gasteiger partial charge in [-0.3, -0.25) is 4.98 Å². The molecule has 0 saturated heterocycles. The van der Waals surface area contributed by atoms with Gasteiger partial charge >= 0.3 is 0 Å². The molecule has 0 fully saturated rings. The predicted octanol–water partition coefficient (Wildman–Crippen LogP) is 2.19. The van der Waals surface area contributed by atoms with E-state index in [4.69, 9.17) is 5.73 Å². The molecule has 0 unspecified atom stereocenters. The molecule has 2 rings (SSSR count). The molecule has 0 radical (unpaired) electrons. The second kappa shape index (κ2) is 4.03. The predicted molar refractivity (Wildman–Crippen MR) is 62.9 cm³/mol. The number of aromatic nitrogens is 2. The zero-order valence-electron chi connectivity index (χ0n) is 9.25. The third kappa shape index (κ3) is 1.75. The van der Waals surface area contributed by atoms with Crippen molar-refractivity contribution in [1.29, 1.82) is 0 Å². The Bertz CT molecular complexity index is 457. The fraction of sp³-hybridized carbons (Fsp3) is 0.417. The largest absolute Gasteiger partial charge is 0.357 e. The molecular weight excluding hydrogens is 186 g/mol. The highest BCUT2D eigenvalue weighted by Crippen LogP contribution is 2.26. The fourth-order valence-corrected chi connectivity index (χ4v) is 1.98. The summed E-state index contributed by atoms with van der Waals surface area (Å²) in [5, 5.41) is 0. The zero-order valence-corrected chi connectivity index (χ0v) is 9.25. The van der Waals surface area contributed by atoms with E-state index >= 15 is 0 Å². The second-order valence-corrected chi connectivity index (χ2v) is 4.11. The summed E-state index contributed by atoms with van der Waals surface area (Å²) in [7, 11) is 0. The van der Waals surface area contributed by atoms with Crippen molar-refractivity contribution in [2.24, 2.45) is 5.73 Å². The van der Waals surface area contributed by atoms with Crippen LogP contribution in [-0.2, 0) is 6.42 Å². The van der Waals surface area contributed by atoms with Crippen LogP contribution in [0.5, 0.6) is 0 Å². The molecule has 2 aromatic rings. The van der Waals surface area contributed by atoms with Crippen molar-refractivity contribution in [1.82, 2.24) is 9.97 Å². The molecule has 0 amide bonds. The first kappa shape index (κ1) is 10.2. The molecule has 0 aliphatic rings. The van der Waals surface area contributed by atoms with Gasteiger partial charge in [0.25, 0.3) is 0 Å². The van der Waals surface area contributed by atoms with Crippen LogP contribution in [0.4, 0.5) is 0 Å². The Kier molecular flexibility index (Phi) is 2.73. The van der Waals surface area contributed by atoms with Crippen LogP contribution < -0.4 is 5.73 Å². The summed E-state index contributed by atoms with van der Waals surface area (Å²) < 4.78 is 0. The number of hydrogen-bond acceptors (Lipinski definition) is 2. The monoisotopic (exact) mass is 203 g/mol. The summed E-state index contributed by atoms with van der Waals surface area (Å²) in [6.07, 6.45) is 2.73. The first-order chi connectivity index (χ1) is 7.24. The SMILES string of the molecule is CC(C)c1[nH]c2cccnc2c1CCN. The Hall–Kier alpha value is -1.35. The maximum atomic E-state index is 5.64. The van der Waals surface area contributed by atoms with Crippen molar-refractivity contribution >= 4 is 11.0 Å². The highest BCUT2D eigenvalue weighted by atomic mass is 14.8. The third-order valence-electron chi connectivity index (χ3n) is 2.66. The minimum Gasteiger partial charge on any atom is -0.357 e. The molecule has 15 heavy (non-hydrogen) atoms. The lowest BCUT2D eigenvalue weighted by molar-refractivity contribution is 0.809. The molecule has 3 nitrogen and oxygen atoms in total. The van der Waals surface area contributed by atoms with Gasteiger partial charge in [-0.2, -0.15) is 0 Å². The lowest BCUT2D eigenvalue weighted by atomic mass is 10.0. The van der Waals surface area contributed by atoms with E-state index in [9.17, 15) is 0 Å². The van der Waals surface area contributed by atoms with E-state index in [0.29, 0.717) is 12.5 Å². The van der Waals surface area contributed by atoms with Gasteiger partial charge in [0.1, 0.15) is 0 Å². The molecule has 0 spiro atoms. The third-order valence-corrected chi connectivity index (χ3v) is 2.66. The van der Waals surface area contributed by atoms with Gasteiger partial charge in [-0.15, -0.1) is 0 Å². The van der Waals surface area contributed by atoms with Crippen LogP contribution in [0.3, 0.4) is 0 Å². The van der Waals surface area contributed by atoms with E-state index in [1.54, 1.807) is 0 Å². The summed E-state index contributed by atoms with van der Waals surface area (Å²) in [4.78, 5) is 7.85. The van der Waals surface area contributed by atoms with Gasteiger partial charge in [0.05, 0.1) is 11.0 Å². The van der Waals surface area contributed by atoms with Crippen molar-refractivity contribution in [3.05, 3.63) is 29.6 Å². The molecule has 0 aliphatic carbocycles. The lowest BCUT2D eigenvalue weighted by Gasteiger charge is -2.05. The Balaban J connectivity index is 2.63. The highest BCUT2D eigenvalue weighted by Gasteiger charge is 2.13. The van der Waals surface area contributed by atoms with Crippen molar-refractivity contribution in [3.63, 3.8) is 0 Å². The number of nitrogens with zero attached hydrogens (tertiary/aromatic N) is 1. The maximum Gasteiger partial charge on any atom is 0.0914 e. The van der Waals surface area contributed by atoms with Crippen molar-refractivity contribution in [2.75, 3.05) is 6.54 Å². The van der Waals surface area contributed by atoms with Crippen molar-refractivity contribution in [2.45, 2.75) is 26.2 Å². The summed E-state index contributed by atoms with van der Waals surface area (Å²) in [5.41, 5.74) is 10.4. The molecule has 3 N–H and O–H groups in total. The van der Waals surface area contributed by atoms with Gasteiger partial charge < -0.3 is 10.7 Å². The first-order valence-corrected chi connectivity index (χ1v) is 5.39. The van der Waals surface area contributed by atoms with Crippen LogP contribution in [0.1, 0.15) is 31.0 Å². The van der Waals surface area contributed by atoms with Crippen LogP contribution >= 0.6 is 0 Å². The molecule has 80 valence electrons. The normalized spacial score (nSPS) is 11.5. The zero-order chi connectivity index (χ0) is 10.8. The summed E-state index contributed by atoms with van der Waals surface area (Å²) in [5.74, 6) is 0.487. The quantitative estimate of drug-likeness (QED) is 0.803. The van der Waals surface area contributed by atoms with Crippen LogP contribution in [-0.4, -0.2) is 16.5 Å². The fourth-order valence-electron chi connectivity index (χ4n) is 1.98. The van der Waals surface area contributed by atoms with Gasteiger partial charge in [0.2, 0.25) is 0 Å². The van der Waals surface area contributed by atoms with E-state index in [-0.39, 0.29) is 0 Å². The molecule has 3 heteroatoms. The average molecular weight is 203 g/mol. The lowest BCUT2D eigenvalue weighted by Crippen LogP contribution is -2.05. The van der Waals surface area contributed by atoms with Gasteiger partial charge in [-0.25, -0.2) is 0 Å². The number of H-pyrrole nitrogens is 1. The van der Waals surface area contributed by atoms with E-state index in [2.05, 4.69) is 29.9 Å². The first-order valence-electron chi connectivity index (χ1n) is 5.39. The topological polar surface area (TPSA) is 54.7 Å². The average Bonchev–Trinajstić information content (AvgIpc) is 2.58. The number of nitrogens with two attached hydrogens (primary N) is 1. The van der Waals surface area contributed by atoms with E-state index in [0.717, 1.165) is 17.5 Å². The molecular formula is C12H17N3. The van der Waals surface area contributed by atoms with Crippen LogP contribution in [0.2, 0.25) is 0 Å². The molecule has 0 aliphatic heterocycles. The molecule has 2 aromatic heterocycles. The number of fused-ring (bicyclic) bond motifs is 1. The highest BCUT2D eigenvalue weighted by molar-refractivity contribution is 5.80. The Morgan fingerprint density at radius 1 is 1.47 bits per heavy atom. The molecule has 2 heterocycles. The van der Waals surface area contributed by atoms with Gasteiger partial charge in [0, 0.05) is 17.5 Å². The molecule has 0 aromatic carbocycles. The van der Waals surface area contributed by atoms with Gasteiger partial charge in [0.15, 0.2) is 0 Å². The standard InChI is InChI=1S/C12H17N3/c1-8(2)11-9(5-6-13)12-10(15-11)4-3-7-14-12/h3-4,7-8,15H,5-6,13H2,1-2H3. The van der Waals surface area contributed by atoms with E-state index in [1.165, 1.54) is 11.3 Å². The molecule has 0 saturated carbocycles. The minimum absolute atomic E-state index is 0.487. The Morgan fingerprint density at radius 2 is 2.27 bits per heavy atom. The summed E-state index contributed by atoms with van der Waals surface area (Å²) >= 11 is 0. The van der Waals surface area contributed by atoms with Crippen molar-refractivity contribution in [3.8, 4) is 0 Å². The Morgan fingerprint density at radius 3 is 2.93 bits per heavy atom. The number of hydrogen-bond donors (Lipinski definition) is 2. The van der Waals surface area contributed by atoms with Crippen LogP contribution in [0, 0.1) is 0 Å². The number of pyridine rings is 1. The van der Waals surface area contributed by atoms with Gasteiger partial charge in [-0.1, -0.05) is 13.8 Å². The molecule has 0 bridgehead atoms. The smallest absolute Gasteiger partial charge is 0.0914 e. The van der Waals surface area contributed by atoms with Crippen molar-refractivity contribution < 1.29 is 0 Å². The number of rotatable bonds is 3. The van der Waals surface area contributed by atoms with Gasteiger partial charge in [-0.05, 0) is 31.0 Å². The summed E-state index contributed by atoms with van der Waals surface area (Å²) in [6.45, 7) is 5.04. The summed E-state index contributed by atoms with van der Waals surface area (Å²) in [6, 6.07) is 4.02. The molecule has 0 atom stereocenters. The number of aromatic amines is 1. The second-order valence-electron chi connectivity index (χ2n) is 4.11. The van der Waals surface area contributed by atoms with Crippen LogP contribution in [0.15, 0.2) is 18.3 Å². The van der Waals surface area contributed by atoms with Crippen LogP contribution in [0.25, 0.3) is 11.0 Å². The number of nitrogens with one attached hydrogen (secondary N) is 1. The minimum atomic E-state index is 0.487. The maximum absolute atomic E-state index is 5.64.